The fourth-order valence-electron chi connectivity index (χ4n) is 5.33. The van der Waals surface area contributed by atoms with Gasteiger partial charge in [-0.25, -0.2) is 4.39 Å². The van der Waals surface area contributed by atoms with Gasteiger partial charge in [-0.1, -0.05) is 56.4 Å². The predicted octanol–water partition coefficient (Wildman–Crippen LogP) is 4.73. The summed E-state index contributed by atoms with van der Waals surface area (Å²) in [4.78, 5) is 42.2. The molecule has 0 aromatic heterocycles. The van der Waals surface area contributed by atoms with Crippen molar-refractivity contribution in [2.45, 2.75) is 75.9 Å². The number of amides is 3. The van der Waals surface area contributed by atoms with Gasteiger partial charge in [0.1, 0.15) is 17.6 Å². The monoisotopic (exact) mass is 495 g/mol. The Morgan fingerprint density at radius 3 is 2.22 bits per heavy atom. The molecule has 0 saturated heterocycles. The lowest BCUT2D eigenvalue weighted by atomic mass is 9.91. The molecule has 0 radical (unpaired) electrons. The molecule has 3 amide bonds. The highest BCUT2D eigenvalue weighted by Gasteiger charge is 2.40. The Morgan fingerprint density at radius 2 is 1.56 bits per heavy atom. The number of halogens is 1. The second-order valence-corrected chi connectivity index (χ2v) is 9.60. The molecule has 2 aliphatic carbocycles. The molecule has 2 aromatic rings. The van der Waals surface area contributed by atoms with E-state index in [0.717, 1.165) is 44.9 Å². The van der Waals surface area contributed by atoms with Gasteiger partial charge < -0.3 is 20.3 Å². The van der Waals surface area contributed by atoms with E-state index in [2.05, 4.69) is 10.6 Å². The molecular formula is C28H34FN3O4. The fourth-order valence-corrected chi connectivity index (χ4v) is 5.33. The van der Waals surface area contributed by atoms with Crippen molar-refractivity contribution in [2.24, 2.45) is 0 Å². The lowest BCUT2D eigenvalue weighted by Crippen LogP contribution is -2.53. The van der Waals surface area contributed by atoms with Crippen molar-refractivity contribution in [1.29, 1.82) is 0 Å². The number of hydrogen-bond donors (Lipinski definition) is 2. The molecule has 0 heterocycles. The third kappa shape index (κ3) is 6.04. The SMILES string of the molecule is COc1ccccc1NC(=O)C(=O)N(C1CCCCC1)[C@@H](C(=O)NC1CCCC1)c1ccc(F)cc1. The highest BCUT2D eigenvalue weighted by atomic mass is 19.1. The summed E-state index contributed by atoms with van der Waals surface area (Å²) in [7, 11) is 1.49. The summed E-state index contributed by atoms with van der Waals surface area (Å²) in [5.41, 5.74) is 0.853. The lowest BCUT2D eigenvalue weighted by molar-refractivity contribution is -0.151. The van der Waals surface area contributed by atoms with E-state index in [-0.39, 0.29) is 18.0 Å². The van der Waals surface area contributed by atoms with E-state index < -0.39 is 23.7 Å². The van der Waals surface area contributed by atoms with Crippen LogP contribution in [0.3, 0.4) is 0 Å². The highest BCUT2D eigenvalue weighted by molar-refractivity contribution is 6.40. The van der Waals surface area contributed by atoms with E-state index in [1.54, 1.807) is 24.3 Å². The number of methoxy groups -OCH3 is 1. The summed E-state index contributed by atoms with van der Waals surface area (Å²) < 4.78 is 19.1. The average molecular weight is 496 g/mol. The zero-order valence-corrected chi connectivity index (χ0v) is 20.7. The third-order valence-electron chi connectivity index (χ3n) is 7.17. The Morgan fingerprint density at radius 1 is 0.917 bits per heavy atom. The average Bonchev–Trinajstić information content (AvgIpc) is 3.41. The first-order chi connectivity index (χ1) is 17.5. The van der Waals surface area contributed by atoms with Crippen LogP contribution < -0.4 is 15.4 Å². The van der Waals surface area contributed by atoms with Crippen LogP contribution in [-0.2, 0) is 14.4 Å². The van der Waals surface area contributed by atoms with Crippen LogP contribution in [0.4, 0.5) is 10.1 Å². The quantitative estimate of drug-likeness (QED) is 0.544. The first-order valence-corrected chi connectivity index (χ1v) is 12.8. The van der Waals surface area contributed by atoms with Crippen molar-refractivity contribution < 1.29 is 23.5 Å². The first-order valence-electron chi connectivity index (χ1n) is 12.8. The van der Waals surface area contributed by atoms with Crippen LogP contribution in [0.2, 0.25) is 0 Å². The number of anilines is 1. The predicted molar refractivity (Wildman–Crippen MR) is 135 cm³/mol. The minimum absolute atomic E-state index is 0.0335. The van der Waals surface area contributed by atoms with E-state index in [4.69, 9.17) is 4.74 Å². The maximum absolute atomic E-state index is 13.8. The zero-order chi connectivity index (χ0) is 25.5. The molecule has 0 unspecified atom stereocenters. The zero-order valence-electron chi connectivity index (χ0n) is 20.7. The second kappa shape index (κ2) is 12.0. The van der Waals surface area contributed by atoms with Crippen LogP contribution in [-0.4, -0.2) is 41.8 Å². The topological polar surface area (TPSA) is 87.7 Å². The van der Waals surface area contributed by atoms with E-state index in [9.17, 15) is 18.8 Å². The Labute approximate surface area is 211 Å². The molecule has 7 nitrogen and oxygen atoms in total. The number of carbonyl (C=O) groups excluding carboxylic acids is 3. The molecule has 36 heavy (non-hydrogen) atoms. The number of nitrogens with one attached hydrogen (secondary N) is 2. The maximum atomic E-state index is 13.8. The van der Waals surface area contributed by atoms with Gasteiger partial charge in [0.05, 0.1) is 12.8 Å². The molecular weight excluding hydrogens is 461 g/mol. The van der Waals surface area contributed by atoms with Gasteiger partial charge in [0.15, 0.2) is 0 Å². The molecule has 2 saturated carbocycles. The van der Waals surface area contributed by atoms with Crippen molar-refractivity contribution in [2.75, 3.05) is 12.4 Å². The normalized spacial score (nSPS) is 17.3. The number of hydrogen-bond acceptors (Lipinski definition) is 4. The summed E-state index contributed by atoms with van der Waals surface area (Å²) in [5.74, 6) is -1.97. The largest absolute Gasteiger partial charge is 0.495 e. The van der Waals surface area contributed by atoms with Crippen LogP contribution in [0.25, 0.3) is 0 Å². The highest BCUT2D eigenvalue weighted by Crippen LogP contribution is 2.32. The van der Waals surface area contributed by atoms with Gasteiger partial charge in [0.25, 0.3) is 0 Å². The standard InChI is InChI=1S/C28H34FN3O4/c1-36-24-14-8-7-13-23(24)31-27(34)28(35)32(22-11-3-2-4-12-22)25(19-15-17-20(29)18-16-19)26(33)30-21-9-5-6-10-21/h7-8,13-18,21-22,25H,2-6,9-12H2,1H3,(H,30,33)(H,31,34)/t25-/m1/s1. The van der Waals surface area contributed by atoms with Crippen LogP contribution in [0.5, 0.6) is 5.75 Å². The van der Waals surface area contributed by atoms with E-state index in [1.807, 2.05) is 0 Å². The van der Waals surface area contributed by atoms with Gasteiger partial charge in [0.2, 0.25) is 5.91 Å². The number of para-hydroxylation sites is 2. The Kier molecular flexibility index (Phi) is 8.57. The number of carbonyl (C=O) groups is 3. The van der Waals surface area contributed by atoms with Crippen molar-refractivity contribution in [1.82, 2.24) is 10.2 Å². The second-order valence-electron chi connectivity index (χ2n) is 9.60. The molecule has 8 heteroatoms. The van der Waals surface area contributed by atoms with Crippen LogP contribution in [0, 0.1) is 5.82 Å². The summed E-state index contributed by atoms with van der Waals surface area (Å²) in [6, 6.07) is 11.2. The Balaban J connectivity index is 1.68. The Bertz CT molecular complexity index is 1060. The smallest absolute Gasteiger partial charge is 0.314 e. The van der Waals surface area contributed by atoms with Crippen LogP contribution in [0.15, 0.2) is 48.5 Å². The van der Waals surface area contributed by atoms with Gasteiger partial charge in [0, 0.05) is 12.1 Å². The molecule has 2 aromatic carbocycles. The van der Waals surface area contributed by atoms with E-state index >= 15 is 0 Å². The maximum Gasteiger partial charge on any atom is 0.314 e. The summed E-state index contributed by atoms with van der Waals surface area (Å²) in [6.45, 7) is 0. The molecule has 192 valence electrons. The van der Waals surface area contributed by atoms with Gasteiger partial charge >= 0.3 is 11.8 Å². The summed E-state index contributed by atoms with van der Waals surface area (Å²) in [6.07, 6.45) is 8.09. The lowest BCUT2D eigenvalue weighted by Gasteiger charge is -2.39. The van der Waals surface area contributed by atoms with Crippen molar-refractivity contribution >= 4 is 23.4 Å². The molecule has 0 spiro atoms. The molecule has 0 aliphatic heterocycles. The van der Waals surface area contributed by atoms with E-state index in [1.165, 1.54) is 36.3 Å². The summed E-state index contributed by atoms with van der Waals surface area (Å²) in [5, 5.41) is 5.76. The molecule has 0 bridgehead atoms. The van der Waals surface area contributed by atoms with Crippen molar-refractivity contribution in [3.63, 3.8) is 0 Å². The molecule has 2 aliphatic rings. The molecule has 1 atom stereocenters. The number of rotatable bonds is 7. The number of benzene rings is 2. The number of ether oxygens (including phenoxy) is 1. The number of nitrogens with zero attached hydrogens (tertiary/aromatic N) is 1. The molecule has 2 fully saturated rings. The molecule has 2 N–H and O–H groups in total. The van der Waals surface area contributed by atoms with Crippen LogP contribution >= 0.6 is 0 Å². The third-order valence-corrected chi connectivity index (χ3v) is 7.17. The van der Waals surface area contributed by atoms with Gasteiger partial charge in [-0.3, -0.25) is 14.4 Å². The van der Waals surface area contributed by atoms with Gasteiger partial charge in [-0.05, 0) is 55.5 Å². The first kappa shape index (κ1) is 25.7. The van der Waals surface area contributed by atoms with Crippen molar-refractivity contribution in [3.8, 4) is 5.75 Å². The fraction of sp³-hybridized carbons (Fsp3) is 0.464. The summed E-state index contributed by atoms with van der Waals surface area (Å²) >= 11 is 0. The van der Waals surface area contributed by atoms with Gasteiger partial charge in [-0.2, -0.15) is 0 Å². The Hall–Kier alpha value is -3.42. The van der Waals surface area contributed by atoms with Crippen LogP contribution in [0.1, 0.15) is 69.4 Å². The minimum Gasteiger partial charge on any atom is -0.495 e. The van der Waals surface area contributed by atoms with Crippen molar-refractivity contribution in [3.05, 3.63) is 59.9 Å². The van der Waals surface area contributed by atoms with Gasteiger partial charge in [-0.15, -0.1) is 0 Å². The minimum atomic E-state index is -1.04. The van der Waals surface area contributed by atoms with E-state index in [0.29, 0.717) is 29.8 Å². The molecule has 4 rings (SSSR count).